The predicted molar refractivity (Wildman–Crippen MR) is 141 cm³/mol. The second-order valence-corrected chi connectivity index (χ2v) is 12.7. The van der Waals surface area contributed by atoms with Crippen molar-refractivity contribution in [1.82, 2.24) is 4.90 Å². The first-order valence-electron chi connectivity index (χ1n) is 12.8. The van der Waals surface area contributed by atoms with Gasteiger partial charge in [-0.3, -0.25) is 24.1 Å². The van der Waals surface area contributed by atoms with Gasteiger partial charge in [0, 0.05) is 12.2 Å². The number of imide groups is 1. The van der Waals surface area contributed by atoms with Crippen molar-refractivity contribution < 1.29 is 28.7 Å². The highest BCUT2D eigenvalue weighted by Crippen LogP contribution is 2.47. The van der Waals surface area contributed by atoms with E-state index in [4.69, 9.17) is 9.47 Å². The molecule has 0 fully saturated rings. The molecule has 0 radical (unpaired) electrons. The summed E-state index contributed by atoms with van der Waals surface area (Å²) in [5, 5.41) is 0. The number of hydrogen-bond acceptors (Lipinski definition) is 6. The van der Waals surface area contributed by atoms with E-state index in [2.05, 4.69) is 27.4 Å². The Morgan fingerprint density at radius 1 is 0.917 bits per heavy atom. The quantitative estimate of drug-likeness (QED) is 0.198. The van der Waals surface area contributed by atoms with Crippen LogP contribution in [-0.2, 0) is 28.7 Å². The summed E-state index contributed by atoms with van der Waals surface area (Å²) >= 11 is 0. The van der Waals surface area contributed by atoms with Crippen molar-refractivity contribution in [2.45, 2.75) is 88.0 Å². The van der Waals surface area contributed by atoms with Crippen molar-refractivity contribution in [3.63, 3.8) is 0 Å². The van der Waals surface area contributed by atoms with Gasteiger partial charge in [0.05, 0.1) is 24.5 Å². The molecule has 0 saturated heterocycles. The molecule has 0 aromatic carbocycles. The molecule has 1 heterocycles. The molecule has 0 aromatic rings. The number of methoxy groups -OCH3 is 1. The Balaban J connectivity index is 2.94. The molecule has 7 heteroatoms. The molecule has 1 rings (SSSR count). The Morgan fingerprint density at radius 2 is 1.44 bits per heavy atom. The molecule has 0 aromatic heterocycles. The van der Waals surface area contributed by atoms with E-state index in [0.29, 0.717) is 19.3 Å². The Kier molecular flexibility index (Phi) is 10.3. The minimum absolute atomic E-state index is 0.0229. The van der Waals surface area contributed by atoms with E-state index in [1.165, 1.54) is 19.3 Å². The third kappa shape index (κ3) is 7.53. The van der Waals surface area contributed by atoms with Crippen LogP contribution in [0.25, 0.3) is 0 Å². The lowest BCUT2D eigenvalue weighted by Crippen LogP contribution is -2.43. The van der Waals surface area contributed by atoms with Gasteiger partial charge in [-0.15, -0.1) is 0 Å². The summed E-state index contributed by atoms with van der Waals surface area (Å²) in [6.07, 6.45) is 5.05. The fraction of sp³-hybridized carbons (Fsp3) is 0.724. The number of nitrogens with zero attached hydrogens (tertiary/aromatic N) is 1. The summed E-state index contributed by atoms with van der Waals surface area (Å²) in [5.74, 6) is -1.50. The Labute approximate surface area is 217 Å². The Hall–Kier alpha value is -2.44. The van der Waals surface area contributed by atoms with E-state index in [1.54, 1.807) is 0 Å². The maximum atomic E-state index is 13.3. The zero-order chi connectivity index (χ0) is 28.1. The first kappa shape index (κ1) is 31.6. The lowest BCUT2D eigenvalue weighted by molar-refractivity contribution is -0.164. The number of ether oxygens (including phenoxy) is 2. The van der Waals surface area contributed by atoms with Crippen molar-refractivity contribution in [2.75, 3.05) is 20.3 Å². The minimum atomic E-state index is -0.827. The normalized spacial score (nSPS) is 18.4. The maximum Gasteiger partial charge on any atom is 0.315 e. The fourth-order valence-electron chi connectivity index (χ4n) is 4.29. The zero-order valence-corrected chi connectivity index (χ0v) is 24.1. The minimum Gasteiger partial charge on any atom is -0.468 e. The van der Waals surface area contributed by atoms with Crippen molar-refractivity contribution in [2.24, 2.45) is 27.6 Å². The largest absolute Gasteiger partial charge is 0.468 e. The molecule has 7 nitrogen and oxygen atoms in total. The van der Waals surface area contributed by atoms with Crippen LogP contribution in [0.1, 0.15) is 88.0 Å². The molecule has 204 valence electrons. The number of carbonyl (C=O) groups is 4. The molecule has 2 amide bonds. The van der Waals surface area contributed by atoms with Gasteiger partial charge in [0.1, 0.15) is 6.61 Å². The van der Waals surface area contributed by atoms with Crippen molar-refractivity contribution in [3.8, 4) is 0 Å². The van der Waals surface area contributed by atoms with Gasteiger partial charge < -0.3 is 9.47 Å². The van der Waals surface area contributed by atoms with E-state index in [1.807, 2.05) is 41.5 Å². The van der Waals surface area contributed by atoms with Gasteiger partial charge in [0.2, 0.25) is 0 Å². The van der Waals surface area contributed by atoms with Crippen molar-refractivity contribution >= 4 is 23.8 Å². The molecule has 3 atom stereocenters. The van der Waals surface area contributed by atoms with Crippen LogP contribution in [0, 0.1) is 27.6 Å². The van der Waals surface area contributed by atoms with Gasteiger partial charge in [-0.25, -0.2) is 0 Å². The molecule has 0 bridgehead atoms. The third-order valence-electron chi connectivity index (χ3n) is 7.95. The number of hydrogen-bond donors (Lipinski definition) is 0. The molecule has 0 saturated carbocycles. The van der Waals surface area contributed by atoms with Crippen molar-refractivity contribution in [1.29, 1.82) is 0 Å². The summed E-state index contributed by atoms with van der Waals surface area (Å²) in [5.41, 5.74) is -1.19. The second kappa shape index (κ2) is 11.7. The van der Waals surface area contributed by atoms with Crippen LogP contribution < -0.4 is 0 Å². The maximum absolute atomic E-state index is 13.3. The Bertz CT molecular complexity index is 872. The summed E-state index contributed by atoms with van der Waals surface area (Å²) in [4.78, 5) is 50.6. The topological polar surface area (TPSA) is 90.0 Å². The monoisotopic (exact) mass is 505 g/mol. The van der Waals surface area contributed by atoms with Crippen LogP contribution in [0.4, 0.5) is 0 Å². The summed E-state index contributed by atoms with van der Waals surface area (Å²) in [6, 6.07) is 0. The van der Waals surface area contributed by atoms with Crippen LogP contribution in [0.5, 0.6) is 0 Å². The van der Waals surface area contributed by atoms with Crippen LogP contribution in [0.15, 0.2) is 24.3 Å². The molecule has 0 aliphatic carbocycles. The van der Waals surface area contributed by atoms with Crippen LogP contribution in [-0.4, -0.2) is 48.9 Å². The SMILES string of the molecule is C=C(C(C)CCC(C)(C(=O)OCCN1C(=O)C=CC1=O)C(C)(C)C)C(C)(CCC(C)(C)C)C(=O)OC. The molecule has 36 heavy (non-hydrogen) atoms. The van der Waals surface area contributed by atoms with Gasteiger partial charge in [0.15, 0.2) is 0 Å². The highest BCUT2D eigenvalue weighted by atomic mass is 16.5. The van der Waals surface area contributed by atoms with E-state index in [0.717, 1.165) is 16.9 Å². The Morgan fingerprint density at radius 3 is 1.89 bits per heavy atom. The van der Waals surface area contributed by atoms with Crippen LogP contribution in [0.3, 0.4) is 0 Å². The first-order chi connectivity index (χ1) is 16.3. The molecular formula is C29H47NO6. The smallest absolute Gasteiger partial charge is 0.315 e. The van der Waals surface area contributed by atoms with Gasteiger partial charge >= 0.3 is 11.9 Å². The standard InChI is InChI=1S/C29H47NO6/c1-20(21(2)28(9,24(33)35-11)17-16-26(3,4)5)14-15-29(10,27(6,7)8)25(34)36-19-18-30-22(31)12-13-23(30)32/h12-13,20H,2,14-19H2,1,3-11H3. The predicted octanol–water partition coefficient (Wildman–Crippen LogP) is 5.49. The van der Waals surface area contributed by atoms with E-state index in [9.17, 15) is 19.2 Å². The summed E-state index contributed by atoms with van der Waals surface area (Å²) in [7, 11) is 1.40. The van der Waals surface area contributed by atoms with Gasteiger partial charge in [-0.05, 0) is 56.3 Å². The lowest BCUT2D eigenvalue weighted by Gasteiger charge is -2.41. The van der Waals surface area contributed by atoms with E-state index in [-0.39, 0.29) is 36.4 Å². The number of rotatable bonds is 12. The average Bonchev–Trinajstić information content (AvgIpc) is 3.10. The lowest BCUT2D eigenvalue weighted by atomic mass is 9.63. The second-order valence-electron chi connectivity index (χ2n) is 12.7. The average molecular weight is 506 g/mol. The highest BCUT2D eigenvalue weighted by molar-refractivity contribution is 6.12. The molecule has 0 N–H and O–H groups in total. The molecule has 3 unspecified atom stereocenters. The summed E-state index contributed by atoms with van der Waals surface area (Å²) < 4.78 is 10.7. The van der Waals surface area contributed by atoms with Crippen LogP contribution >= 0.6 is 0 Å². The highest BCUT2D eigenvalue weighted by Gasteiger charge is 2.46. The van der Waals surface area contributed by atoms with Gasteiger partial charge in [-0.1, -0.05) is 60.6 Å². The first-order valence-corrected chi connectivity index (χ1v) is 12.8. The number of esters is 2. The third-order valence-corrected chi connectivity index (χ3v) is 7.95. The van der Waals surface area contributed by atoms with Crippen molar-refractivity contribution in [3.05, 3.63) is 24.3 Å². The zero-order valence-electron chi connectivity index (χ0n) is 24.1. The molecule has 0 spiro atoms. The number of carbonyl (C=O) groups excluding carboxylic acids is 4. The van der Waals surface area contributed by atoms with Gasteiger partial charge in [0.25, 0.3) is 11.8 Å². The number of amides is 2. The van der Waals surface area contributed by atoms with E-state index >= 15 is 0 Å². The fourth-order valence-corrected chi connectivity index (χ4v) is 4.29. The van der Waals surface area contributed by atoms with Crippen LogP contribution in [0.2, 0.25) is 0 Å². The summed E-state index contributed by atoms with van der Waals surface area (Å²) in [6.45, 7) is 22.5. The van der Waals surface area contributed by atoms with E-state index < -0.39 is 28.1 Å². The molecular weight excluding hydrogens is 458 g/mol. The molecule has 1 aliphatic rings. The van der Waals surface area contributed by atoms with Gasteiger partial charge in [-0.2, -0.15) is 0 Å². The molecule has 1 aliphatic heterocycles.